The largest absolute Gasteiger partial charge is 0.356 e. The zero-order valence-electron chi connectivity index (χ0n) is 16.0. The molecule has 140 valence electrons. The van der Waals surface area contributed by atoms with Crippen molar-refractivity contribution in [1.29, 1.82) is 0 Å². The Morgan fingerprint density at radius 3 is 2.29 bits per heavy atom. The Hall–Kier alpha value is -0.810. The molecule has 0 aromatic carbocycles. The van der Waals surface area contributed by atoms with Crippen molar-refractivity contribution in [2.75, 3.05) is 59.4 Å². The molecule has 1 saturated heterocycles. The highest BCUT2D eigenvalue weighted by atomic mass is 15.3. The van der Waals surface area contributed by atoms with Crippen LogP contribution in [0.15, 0.2) is 4.99 Å². The van der Waals surface area contributed by atoms with Crippen LogP contribution in [0.5, 0.6) is 0 Å². The second-order valence-electron chi connectivity index (χ2n) is 7.35. The van der Waals surface area contributed by atoms with Crippen molar-refractivity contribution in [2.45, 2.75) is 51.9 Å². The number of likely N-dealkylation sites (N-methyl/N-ethyl adjacent to an activating group) is 1. The van der Waals surface area contributed by atoms with E-state index in [4.69, 9.17) is 0 Å². The fraction of sp³-hybridized carbons (Fsp3) is 0.947. The minimum atomic E-state index is 0.961. The van der Waals surface area contributed by atoms with Crippen molar-refractivity contribution in [3.05, 3.63) is 0 Å². The van der Waals surface area contributed by atoms with Crippen LogP contribution < -0.4 is 10.6 Å². The monoisotopic (exact) mass is 337 g/mol. The molecule has 5 nitrogen and oxygen atoms in total. The fourth-order valence-electron chi connectivity index (χ4n) is 3.95. The molecule has 1 aliphatic carbocycles. The molecule has 24 heavy (non-hydrogen) atoms. The zero-order chi connectivity index (χ0) is 17.0. The lowest BCUT2D eigenvalue weighted by Crippen LogP contribution is -2.49. The lowest BCUT2D eigenvalue weighted by atomic mass is 10.0. The summed E-state index contributed by atoms with van der Waals surface area (Å²) < 4.78 is 0. The van der Waals surface area contributed by atoms with Gasteiger partial charge in [-0.05, 0) is 18.9 Å². The molecule has 2 aliphatic rings. The number of hydrogen-bond acceptors (Lipinski definition) is 3. The highest BCUT2D eigenvalue weighted by Crippen LogP contribution is 2.28. The Labute approximate surface area is 149 Å². The van der Waals surface area contributed by atoms with E-state index in [1.54, 1.807) is 0 Å². The van der Waals surface area contributed by atoms with E-state index in [2.05, 4.69) is 32.3 Å². The molecule has 1 saturated carbocycles. The molecule has 1 aliphatic heterocycles. The van der Waals surface area contributed by atoms with E-state index in [0.717, 1.165) is 31.5 Å². The van der Waals surface area contributed by atoms with Crippen LogP contribution in [0.3, 0.4) is 0 Å². The predicted molar refractivity (Wildman–Crippen MR) is 104 cm³/mol. The molecule has 0 bridgehead atoms. The van der Waals surface area contributed by atoms with Gasteiger partial charge in [0.05, 0.1) is 0 Å². The summed E-state index contributed by atoms with van der Waals surface area (Å²) in [5.74, 6) is 1.98. The summed E-state index contributed by atoms with van der Waals surface area (Å²) in [5, 5.41) is 6.92. The van der Waals surface area contributed by atoms with Crippen molar-refractivity contribution in [3.8, 4) is 0 Å². The van der Waals surface area contributed by atoms with Crippen LogP contribution in [0.25, 0.3) is 0 Å². The van der Waals surface area contributed by atoms with Crippen molar-refractivity contribution in [3.63, 3.8) is 0 Å². The summed E-state index contributed by atoms with van der Waals surface area (Å²) >= 11 is 0. The van der Waals surface area contributed by atoms with Crippen LogP contribution in [-0.2, 0) is 0 Å². The molecular weight excluding hydrogens is 298 g/mol. The number of nitrogens with zero attached hydrogens (tertiary/aromatic N) is 3. The molecule has 0 amide bonds. The molecule has 2 N–H and O–H groups in total. The van der Waals surface area contributed by atoms with E-state index in [9.17, 15) is 0 Å². The van der Waals surface area contributed by atoms with Crippen molar-refractivity contribution >= 4 is 5.96 Å². The van der Waals surface area contributed by atoms with Crippen LogP contribution in [0.2, 0.25) is 0 Å². The smallest absolute Gasteiger partial charge is 0.191 e. The number of rotatable bonds is 9. The van der Waals surface area contributed by atoms with Gasteiger partial charge < -0.3 is 15.5 Å². The third-order valence-corrected chi connectivity index (χ3v) is 5.66. The van der Waals surface area contributed by atoms with E-state index in [1.165, 1.54) is 77.7 Å². The third-order valence-electron chi connectivity index (χ3n) is 5.66. The van der Waals surface area contributed by atoms with Crippen LogP contribution in [0.1, 0.15) is 51.9 Å². The van der Waals surface area contributed by atoms with Crippen molar-refractivity contribution in [1.82, 2.24) is 20.4 Å². The highest BCUT2D eigenvalue weighted by molar-refractivity contribution is 5.79. The first kappa shape index (κ1) is 19.5. The summed E-state index contributed by atoms with van der Waals surface area (Å²) in [5.41, 5.74) is 0. The molecule has 0 aromatic heterocycles. The summed E-state index contributed by atoms with van der Waals surface area (Å²) in [6, 6.07) is 0. The van der Waals surface area contributed by atoms with Gasteiger partial charge in [-0.25, -0.2) is 0 Å². The molecule has 2 fully saturated rings. The van der Waals surface area contributed by atoms with Gasteiger partial charge in [0.1, 0.15) is 0 Å². The Bertz CT molecular complexity index is 344. The predicted octanol–water partition coefficient (Wildman–Crippen LogP) is 2.15. The average Bonchev–Trinajstić information content (AvgIpc) is 3.14. The van der Waals surface area contributed by atoms with Gasteiger partial charge >= 0.3 is 0 Å². The van der Waals surface area contributed by atoms with E-state index in [-0.39, 0.29) is 0 Å². The first-order valence-corrected chi connectivity index (χ1v) is 10.2. The number of unbranched alkanes of at least 4 members (excludes halogenated alkanes) is 1. The van der Waals surface area contributed by atoms with Gasteiger partial charge in [-0.15, -0.1) is 0 Å². The van der Waals surface area contributed by atoms with Gasteiger partial charge in [0.2, 0.25) is 0 Å². The van der Waals surface area contributed by atoms with Crippen LogP contribution >= 0.6 is 0 Å². The van der Waals surface area contributed by atoms with E-state index >= 15 is 0 Å². The molecule has 0 atom stereocenters. The number of hydrogen-bond donors (Lipinski definition) is 2. The van der Waals surface area contributed by atoms with Gasteiger partial charge in [0.25, 0.3) is 0 Å². The Balaban J connectivity index is 1.46. The van der Waals surface area contributed by atoms with Crippen LogP contribution in [0, 0.1) is 5.92 Å². The molecule has 0 radical (unpaired) electrons. The van der Waals surface area contributed by atoms with Crippen LogP contribution in [-0.4, -0.2) is 75.2 Å². The fourth-order valence-corrected chi connectivity index (χ4v) is 3.95. The number of nitrogens with one attached hydrogen (secondary N) is 2. The second-order valence-corrected chi connectivity index (χ2v) is 7.35. The SMILES string of the molecule is CCN1CCN(CCNC(=NC)NCCCCC2CCCC2)CC1. The minimum Gasteiger partial charge on any atom is -0.356 e. The highest BCUT2D eigenvalue weighted by Gasteiger charge is 2.15. The number of aliphatic imine (C=N–C) groups is 1. The first-order valence-electron chi connectivity index (χ1n) is 10.2. The van der Waals surface area contributed by atoms with Gasteiger partial charge in [-0.1, -0.05) is 45.4 Å². The quantitative estimate of drug-likeness (QED) is 0.384. The molecule has 1 heterocycles. The zero-order valence-corrected chi connectivity index (χ0v) is 16.0. The topological polar surface area (TPSA) is 42.9 Å². The van der Waals surface area contributed by atoms with Gasteiger partial charge in [-0.2, -0.15) is 0 Å². The van der Waals surface area contributed by atoms with E-state index < -0.39 is 0 Å². The molecule has 2 rings (SSSR count). The second kappa shape index (κ2) is 11.7. The third kappa shape index (κ3) is 7.39. The summed E-state index contributed by atoms with van der Waals surface area (Å²) in [7, 11) is 1.87. The summed E-state index contributed by atoms with van der Waals surface area (Å²) in [6.07, 6.45) is 9.93. The number of piperazine rings is 1. The lowest BCUT2D eigenvalue weighted by Gasteiger charge is -2.34. The van der Waals surface area contributed by atoms with Gasteiger partial charge in [0.15, 0.2) is 5.96 Å². The standard InChI is InChI=1S/C19H39N5/c1-3-23-14-16-24(17-15-23)13-12-22-19(20-2)21-11-7-6-10-18-8-4-5-9-18/h18H,3-17H2,1-2H3,(H2,20,21,22). The summed E-state index contributed by atoms with van der Waals surface area (Å²) in [4.78, 5) is 9.41. The maximum absolute atomic E-state index is 4.34. The van der Waals surface area contributed by atoms with E-state index in [1.807, 2.05) is 7.05 Å². The Kier molecular flexibility index (Phi) is 9.51. The van der Waals surface area contributed by atoms with Crippen molar-refractivity contribution in [2.24, 2.45) is 10.9 Å². The normalized spacial score (nSPS) is 21.3. The number of guanidine groups is 1. The first-order chi connectivity index (χ1) is 11.8. The molecule has 5 heteroatoms. The average molecular weight is 338 g/mol. The molecular formula is C19H39N5. The van der Waals surface area contributed by atoms with E-state index in [0.29, 0.717) is 0 Å². The molecule has 0 aromatic rings. The Morgan fingerprint density at radius 2 is 1.62 bits per heavy atom. The molecule has 0 unspecified atom stereocenters. The maximum atomic E-state index is 4.34. The lowest BCUT2D eigenvalue weighted by molar-refractivity contribution is 0.139. The van der Waals surface area contributed by atoms with Gasteiger partial charge in [-0.3, -0.25) is 9.89 Å². The van der Waals surface area contributed by atoms with Gasteiger partial charge in [0, 0.05) is 52.9 Å². The van der Waals surface area contributed by atoms with Crippen molar-refractivity contribution < 1.29 is 0 Å². The maximum Gasteiger partial charge on any atom is 0.191 e. The molecule has 0 spiro atoms. The van der Waals surface area contributed by atoms with Crippen LogP contribution in [0.4, 0.5) is 0 Å². The minimum absolute atomic E-state index is 0.961. The summed E-state index contributed by atoms with van der Waals surface area (Å²) in [6.45, 7) is 11.4. The Morgan fingerprint density at radius 1 is 0.958 bits per heavy atom.